The molecule has 2 heteroatoms. The summed E-state index contributed by atoms with van der Waals surface area (Å²) in [7, 11) is 1.71. The van der Waals surface area contributed by atoms with Crippen LogP contribution in [0.3, 0.4) is 0 Å². The maximum atomic E-state index is 5.15. The zero-order chi connectivity index (χ0) is 12.5. The van der Waals surface area contributed by atoms with E-state index in [0.717, 1.165) is 31.2 Å². The molecule has 1 aromatic rings. The van der Waals surface area contributed by atoms with Crippen LogP contribution in [-0.2, 0) is 6.42 Å². The molecule has 0 saturated heterocycles. The second-order valence-electron chi connectivity index (χ2n) is 4.63. The number of nitrogens with one attached hydrogen (secondary N) is 1. The van der Waals surface area contributed by atoms with E-state index in [9.17, 15) is 0 Å². The first-order valence-electron chi connectivity index (χ1n) is 6.60. The van der Waals surface area contributed by atoms with Crippen molar-refractivity contribution in [2.45, 2.75) is 33.1 Å². The van der Waals surface area contributed by atoms with Gasteiger partial charge in [-0.1, -0.05) is 26.0 Å². The van der Waals surface area contributed by atoms with Crippen LogP contribution in [0.1, 0.15) is 32.3 Å². The van der Waals surface area contributed by atoms with Crippen LogP contribution in [-0.4, -0.2) is 20.2 Å². The van der Waals surface area contributed by atoms with Gasteiger partial charge >= 0.3 is 0 Å². The number of benzene rings is 1. The maximum Gasteiger partial charge on any atom is 0.118 e. The highest BCUT2D eigenvalue weighted by Crippen LogP contribution is 2.15. The molecule has 2 nitrogen and oxygen atoms in total. The van der Waals surface area contributed by atoms with Gasteiger partial charge in [-0.15, -0.1) is 0 Å². The Balaban J connectivity index is 2.24. The molecule has 0 aliphatic rings. The Bertz CT molecular complexity index is 294. The van der Waals surface area contributed by atoms with Crippen molar-refractivity contribution >= 4 is 0 Å². The minimum atomic E-state index is 0.788. The summed E-state index contributed by atoms with van der Waals surface area (Å²) in [6.45, 7) is 6.70. The molecule has 0 radical (unpaired) electrons. The minimum absolute atomic E-state index is 0.788. The molecule has 0 saturated carbocycles. The summed E-state index contributed by atoms with van der Waals surface area (Å²) in [6, 6.07) is 8.41. The van der Waals surface area contributed by atoms with Gasteiger partial charge in [0.1, 0.15) is 5.75 Å². The Morgan fingerprint density at radius 1 is 1.18 bits per heavy atom. The number of hydrogen-bond acceptors (Lipinski definition) is 2. The Morgan fingerprint density at radius 3 is 2.47 bits per heavy atom. The van der Waals surface area contributed by atoms with Crippen LogP contribution >= 0.6 is 0 Å². The number of rotatable bonds is 8. The fraction of sp³-hybridized carbons (Fsp3) is 0.600. The van der Waals surface area contributed by atoms with E-state index in [1.165, 1.54) is 18.4 Å². The largest absolute Gasteiger partial charge is 0.497 e. The van der Waals surface area contributed by atoms with Crippen LogP contribution in [0.25, 0.3) is 0 Å². The highest BCUT2D eigenvalue weighted by molar-refractivity contribution is 5.27. The van der Waals surface area contributed by atoms with E-state index in [1.54, 1.807) is 7.11 Å². The SMILES string of the molecule is CCNCCC(C)CCc1ccc(OC)cc1. The topological polar surface area (TPSA) is 21.3 Å². The van der Waals surface area contributed by atoms with Crippen molar-refractivity contribution in [3.05, 3.63) is 29.8 Å². The zero-order valence-electron chi connectivity index (χ0n) is 11.3. The lowest BCUT2D eigenvalue weighted by Crippen LogP contribution is -2.16. The number of aryl methyl sites for hydroxylation is 1. The first-order valence-corrected chi connectivity index (χ1v) is 6.60. The van der Waals surface area contributed by atoms with Gasteiger partial charge in [0.15, 0.2) is 0 Å². The fourth-order valence-electron chi connectivity index (χ4n) is 1.87. The van der Waals surface area contributed by atoms with Gasteiger partial charge in [0.2, 0.25) is 0 Å². The third-order valence-corrected chi connectivity index (χ3v) is 3.15. The van der Waals surface area contributed by atoms with Crippen LogP contribution in [0.4, 0.5) is 0 Å². The van der Waals surface area contributed by atoms with Crippen LogP contribution in [0.5, 0.6) is 5.75 Å². The summed E-state index contributed by atoms with van der Waals surface area (Å²) in [5, 5.41) is 3.38. The Kier molecular flexibility index (Phi) is 6.71. The van der Waals surface area contributed by atoms with Crippen molar-refractivity contribution in [2.75, 3.05) is 20.2 Å². The molecule has 0 spiro atoms. The average Bonchev–Trinajstić information content (AvgIpc) is 2.37. The molecule has 1 N–H and O–H groups in total. The average molecular weight is 235 g/mol. The molecule has 1 aromatic carbocycles. The monoisotopic (exact) mass is 235 g/mol. The van der Waals surface area contributed by atoms with Crippen molar-refractivity contribution in [3.63, 3.8) is 0 Å². The lowest BCUT2D eigenvalue weighted by molar-refractivity contribution is 0.414. The molecule has 0 bridgehead atoms. The van der Waals surface area contributed by atoms with Gasteiger partial charge in [-0.25, -0.2) is 0 Å². The highest BCUT2D eigenvalue weighted by Gasteiger charge is 2.02. The van der Waals surface area contributed by atoms with Crippen molar-refractivity contribution in [1.82, 2.24) is 5.32 Å². The summed E-state index contributed by atoms with van der Waals surface area (Å²) < 4.78 is 5.15. The van der Waals surface area contributed by atoms with Gasteiger partial charge in [0.25, 0.3) is 0 Å². The van der Waals surface area contributed by atoms with Gasteiger partial charge in [0.05, 0.1) is 7.11 Å². The molecule has 1 unspecified atom stereocenters. The Labute approximate surface area is 105 Å². The van der Waals surface area contributed by atoms with E-state index in [0.29, 0.717) is 0 Å². The van der Waals surface area contributed by atoms with Crippen LogP contribution in [0.15, 0.2) is 24.3 Å². The van der Waals surface area contributed by atoms with Crippen LogP contribution < -0.4 is 10.1 Å². The minimum Gasteiger partial charge on any atom is -0.497 e. The third-order valence-electron chi connectivity index (χ3n) is 3.15. The lowest BCUT2D eigenvalue weighted by atomic mass is 9.98. The molecule has 0 amide bonds. The fourth-order valence-corrected chi connectivity index (χ4v) is 1.87. The number of hydrogen-bond donors (Lipinski definition) is 1. The van der Waals surface area contributed by atoms with E-state index in [-0.39, 0.29) is 0 Å². The maximum absolute atomic E-state index is 5.15. The Morgan fingerprint density at radius 2 is 1.88 bits per heavy atom. The first-order chi connectivity index (χ1) is 8.26. The Hall–Kier alpha value is -1.02. The van der Waals surface area contributed by atoms with Gasteiger partial charge < -0.3 is 10.1 Å². The van der Waals surface area contributed by atoms with E-state index in [2.05, 4.69) is 31.3 Å². The van der Waals surface area contributed by atoms with Gasteiger partial charge in [-0.3, -0.25) is 0 Å². The van der Waals surface area contributed by atoms with Crippen LogP contribution in [0, 0.1) is 5.92 Å². The predicted molar refractivity (Wildman–Crippen MR) is 73.6 cm³/mol. The quantitative estimate of drug-likeness (QED) is 0.698. The van der Waals surface area contributed by atoms with E-state index in [1.807, 2.05) is 12.1 Å². The van der Waals surface area contributed by atoms with Gasteiger partial charge in [0, 0.05) is 0 Å². The highest BCUT2D eigenvalue weighted by atomic mass is 16.5. The standard InChI is InChI=1S/C15H25NO/c1-4-16-12-11-13(2)5-6-14-7-9-15(17-3)10-8-14/h7-10,13,16H,4-6,11-12H2,1-3H3. The molecule has 17 heavy (non-hydrogen) atoms. The molecular formula is C15H25NO. The van der Waals surface area contributed by atoms with Gasteiger partial charge in [-0.05, 0) is 56.0 Å². The van der Waals surface area contributed by atoms with Crippen molar-refractivity contribution in [2.24, 2.45) is 5.92 Å². The molecule has 0 aromatic heterocycles. The predicted octanol–water partition coefficient (Wildman–Crippen LogP) is 3.26. The molecule has 0 fully saturated rings. The second-order valence-corrected chi connectivity index (χ2v) is 4.63. The molecule has 1 rings (SSSR count). The van der Waals surface area contributed by atoms with Crippen molar-refractivity contribution in [1.29, 1.82) is 0 Å². The molecule has 0 aliphatic carbocycles. The van der Waals surface area contributed by atoms with E-state index < -0.39 is 0 Å². The molecular weight excluding hydrogens is 210 g/mol. The lowest BCUT2D eigenvalue weighted by Gasteiger charge is -2.11. The smallest absolute Gasteiger partial charge is 0.118 e. The second kappa shape index (κ2) is 8.13. The zero-order valence-corrected chi connectivity index (χ0v) is 11.3. The third kappa shape index (κ3) is 5.73. The molecule has 0 aliphatic heterocycles. The van der Waals surface area contributed by atoms with Crippen LogP contribution in [0.2, 0.25) is 0 Å². The number of ether oxygens (including phenoxy) is 1. The normalized spacial score (nSPS) is 12.4. The molecule has 1 atom stereocenters. The molecule has 96 valence electrons. The van der Waals surface area contributed by atoms with E-state index in [4.69, 9.17) is 4.74 Å². The summed E-state index contributed by atoms with van der Waals surface area (Å²) in [5.41, 5.74) is 1.40. The summed E-state index contributed by atoms with van der Waals surface area (Å²) >= 11 is 0. The van der Waals surface area contributed by atoms with Crippen molar-refractivity contribution in [3.8, 4) is 5.75 Å². The van der Waals surface area contributed by atoms with Gasteiger partial charge in [-0.2, -0.15) is 0 Å². The number of methoxy groups -OCH3 is 1. The van der Waals surface area contributed by atoms with Crippen molar-refractivity contribution < 1.29 is 4.74 Å². The first kappa shape index (κ1) is 14.0. The molecule has 0 heterocycles. The van der Waals surface area contributed by atoms with E-state index >= 15 is 0 Å². The summed E-state index contributed by atoms with van der Waals surface area (Å²) in [4.78, 5) is 0. The summed E-state index contributed by atoms with van der Waals surface area (Å²) in [5.74, 6) is 1.73. The summed E-state index contributed by atoms with van der Waals surface area (Å²) in [6.07, 6.45) is 3.69.